The van der Waals surface area contributed by atoms with E-state index >= 15 is 0 Å². The summed E-state index contributed by atoms with van der Waals surface area (Å²) in [5, 5.41) is 3.09. The third-order valence-electron chi connectivity index (χ3n) is 3.93. The van der Waals surface area contributed by atoms with Crippen LogP contribution in [0, 0.1) is 0 Å². The highest BCUT2D eigenvalue weighted by Gasteiger charge is 2.41. The molecule has 5 nitrogen and oxygen atoms in total. The molecule has 1 fully saturated rings. The summed E-state index contributed by atoms with van der Waals surface area (Å²) in [7, 11) is 3.14. The zero-order valence-corrected chi connectivity index (χ0v) is 12.6. The normalized spacial score (nSPS) is 19.0. The zero-order chi connectivity index (χ0) is 15.1. The molecule has 0 aromatic heterocycles. The van der Waals surface area contributed by atoms with Crippen LogP contribution < -0.4 is 5.32 Å². The van der Waals surface area contributed by atoms with E-state index in [1.54, 1.807) is 7.05 Å². The highest BCUT2D eigenvalue weighted by molar-refractivity contribution is 5.82. The number of ether oxygens (including phenoxy) is 3. The van der Waals surface area contributed by atoms with Gasteiger partial charge in [-0.2, -0.15) is 0 Å². The van der Waals surface area contributed by atoms with Crippen LogP contribution in [0.3, 0.4) is 0 Å². The second kappa shape index (κ2) is 7.54. The highest BCUT2D eigenvalue weighted by Crippen LogP contribution is 2.25. The maximum Gasteiger partial charge on any atom is 0.333 e. The van der Waals surface area contributed by atoms with Gasteiger partial charge in [-0.1, -0.05) is 30.3 Å². The molecule has 1 N–H and O–H groups in total. The molecule has 1 heterocycles. The lowest BCUT2D eigenvalue weighted by molar-refractivity contribution is -0.154. The summed E-state index contributed by atoms with van der Waals surface area (Å²) >= 11 is 0. The fourth-order valence-electron chi connectivity index (χ4n) is 2.56. The summed E-state index contributed by atoms with van der Waals surface area (Å²) in [5.41, 5.74) is -0.139. The predicted octanol–water partition coefficient (Wildman–Crippen LogP) is 1.47. The first-order valence-corrected chi connectivity index (χ1v) is 7.25. The Hall–Kier alpha value is -1.43. The van der Waals surface area contributed by atoms with Crippen LogP contribution in [0.25, 0.3) is 0 Å². The van der Waals surface area contributed by atoms with E-state index in [0.717, 1.165) is 18.4 Å². The number of likely N-dealkylation sites (N-methyl/N-ethyl adjacent to an activating group) is 1. The summed E-state index contributed by atoms with van der Waals surface area (Å²) < 4.78 is 16.3. The number of nitrogens with one attached hydrogen (secondary N) is 1. The smallest absolute Gasteiger partial charge is 0.333 e. The van der Waals surface area contributed by atoms with Crippen LogP contribution in [-0.4, -0.2) is 46.1 Å². The maximum atomic E-state index is 12.3. The van der Waals surface area contributed by atoms with Gasteiger partial charge >= 0.3 is 5.97 Å². The topological polar surface area (TPSA) is 56.8 Å². The Morgan fingerprint density at radius 3 is 2.57 bits per heavy atom. The van der Waals surface area contributed by atoms with Gasteiger partial charge in [0.15, 0.2) is 5.54 Å². The van der Waals surface area contributed by atoms with E-state index in [2.05, 4.69) is 5.32 Å². The van der Waals surface area contributed by atoms with Crippen molar-refractivity contribution in [2.24, 2.45) is 0 Å². The van der Waals surface area contributed by atoms with Gasteiger partial charge in [0.1, 0.15) is 0 Å². The number of methoxy groups -OCH3 is 1. The molecule has 0 spiro atoms. The molecule has 1 aliphatic rings. The molecule has 21 heavy (non-hydrogen) atoms. The van der Waals surface area contributed by atoms with Crippen molar-refractivity contribution < 1.29 is 19.0 Å². The average Bonchev–Trinajstić information content (AvgIpc) is 2.57. The minimum absolute atomic E-state index is 0.125. The summed E-state index contributed by atoms with van der Waals surface area (Å²) in [6, 6.07) is 9.53. The number of benzene rings is 1. The van der Waals surface area contributed by atoms with E-state index in [4.69, 9.17) is 14.2 Å². The minimum Gasteiger partial charge on any atom is -0.467 e. The predicted molar refractivity (Wildman–Crippen MR) is 79.0 cm³/mol. The Kier molecular flexibility index (Phi) is 5.73. The quantitative estimate of drug-likeness (QED) is 0.805. The van der Waals surface area contributed by atoms with Crippen molar-refractivity contribution in [3.63, 3.8) is 0 Å². The van der Waals surface area contributed by atoms with Crippen LogP contribution in [0.1, 0.15) is 18.4 Å². The fraction of sp³-hybridized carbons (Fsp3) is 0.562. The Morgan fingerprint density at radius 1 is 1.33 bits per heavy atom. The standard InChI is InChI=1S/C16H23NO4/c1-17-16(15(18)19-2,13-6-4-3-5-7-13)12-21-14-8-10-20-11-9-14/h3-7,14,17H,8-12H2,1-2H3. The van der Waals surface area contributed by atoms with Crippen molar-refractivity contribution in [2.75, 3.05) is 34.0 Å². The van der Waals surface area contributed by atoms with Gasteiger partial charge in [0.25, 0.3) is 0 Å². The molecule has 2 rings (SSSR count). The van der Waals surface area contributed by atoms with Crippen molar-refractivity contribution in [1.29, 1.82) is 0 Å². The number of rotatable bonds is 6. The highest BCUT2D eigenvalue weighted by atomic mass is 16.5. The van der Waals surface area contributed by atoms with Crippen LogP contribution in [0.4, 0.5) is 0 Å². The molecule has 0 amide bonds. The van der Waals surface area contributed by atoms with Gasteiger partial charge < -0.3 is 14.2 Å². The monoisotopic (exact) mass is 293 g/mol. The second-order valence-corrected chi connectivity index (χ2v) is 5.14. The Bertz CT molecular complexity index is 445. The minimum atomic E-state index is -0.978. The lowest BCUT2D eigenvalue weighted by Gasteiger charge is -2.33. The van der Waals surface area contributed by atoms with E-state index in [0.29, 0.717) is 13.2 Å². The number of carbonyl (C=O) groups excluding carboxylic acids is 1. The molecule has 5 heteroatoms. The molecule has 1 saturated heterocycles. The number of hydrogen-bond donors (Lipinski definition) is 1. The zero-order valence-electron chi connectivity index (χ0n) is 12.6. The molecule has 0 radical (unpaired) electrons. The van der Waals surface area contributed by atoms with Gasteiger partial charge in [0, 0.05) is 13.2 Å². The Morgan fingerprint density at radius 2 is 2.00 bits per heavy atom. The van der Waals surface area contributed by atoms with Crippen molar-refractivity contribution in [1.82, 2.24) is 5.32 Å². The van der Waals surface area contributed by atoms with Crippen molar-refractivity contribution in [3.05, 3.63) is 35.9 Å². The van der Waals surface area contributed by atoms with Crippen LogP contribution in [0.5, 0.6) is 0 Å². The van der Waals surface area contributed by atoms with E-state index in [1.165, 1.54) is 7.11 Å². The first kappa shape index (κ1) is 15.9. The first-order valence-electron chi connectivity index (χ1n) is 7.25. The van der Waals surface area contributed by atoms with E-state index in [-0.39, 0.29) is 18.7 Å². The maximum absolute atomic E-state index is 12.3. The van der Waals surface area contributed by atoms with Crippen LogP contribution in [0.2, 0.25) is 0 Å². The summed E-state index contributed by atoms with van der Waals surface area (Å²) in [6.07, 6.45) is 1.84. The summed E-state index contributed by atoms with van der Waals surface area (Å²) in [6.45, 7) is 1.66. The molecular weight excluding hydrogens is 270 g/mol. The van der Waals surface area contributed by atoms with Crippen molar-refractivity contribution in [2.45, 2.75) is 24.5 Å². The molecule has 0 saturated carbocycles. The van der Waals surface area contributed by atoms with Gasteiger partial charge in [0.05, 0.1) is 19.8 Å². The third-order valence-corrected chi connectivity index (χ3v) is 3.93. The van der Waals surface area contributed by atoms with E-state index in [9.17, 15) is 4.79 Å². The van der Waals surface area contributed by atoms with Crippen molar-refractivity contribution in [3.8, 4) is 0 Å². The SMILES string of the molecule is CNC(COC1CCOCC1)(C(=O)OC)c1ccccc1. The summed E-state index contributed by atoms with van der Waals surface area (Å²) in [4.78, 5) is 12.3. The van der Waals surface area contributed by atoms with Crippen LogP contribution in [-0.2, 0) is 24.5 Å². The van der Waals surface area contributed by atoms with Gasteiger partial charge in [-0.05, 0) is 25.5 Å². The molecule has 0 bridgehead atoms. The van der Waals surface area contributed by atoms with Gasteiger partial charge in [0.2, 0.25) is 0 Å². The van der Waals surface area contributed by atoms with Gasteiger partial charge in [-0.15, -0.1) is 0 Å². The molecule has 0 aliphatic carbocycles. The Labute approximate surface area is 125 Å². The first-order chi connectivity index (χ1) is 10.2. The third kappa shape index (κ3) is 3.61. The largest absolute Gasteiger partial charge is 0.467 e. The van der Waals surface area contributed by atoms with E-state index in [1.807, 2.05) is 30.3 Å². The molecule has 1 aliphatic heterocycles. The van der Waals surface area contributed by atoms with Gasteiger partial charge in [-0.3, -0.25) is 5.32 Å². The van der Waals surface area contributed by atoms with Crippen LogP contribution >= 0.6 is 0 Å². The second-order valence-electron chi connectivity index (χ2n) is 5.14. The van der Waals surface area contributed by atoms with Crippen molar-refractivity contribution >= 4 is 5.97 Å². The van der Waals surface area contributed by atoms with E-state index < -0.39 is 5.54 Å². The fourth-order valence-corrected chi connectivity index (χ4v) is 2.56. The lowest BCUT2D eigenvalue weighted by atomic mass is 9.90. The molecule has 116 valence electrons. The Balaban J connectivity index is 2.16. The number of esters is 1. The molecule has 1 aromatic rings. The molecule has 1 aromatic carbocycles. The summed E-state index contributed by atoms with van der Waals surface area (Å²) in [5.74, 6) is -0.344. The molecule has 1 atom stereocenters. The number of hydrogen-bond acceptors (Lipinski definition) is 5. The average molecular weight is 293 g/mol. The van der Waals surface area contributed by atoms with Crippen LogP contribution in [0.15, 0.2) is 30.3 Å². The lowest BCUT2D eigenvalue weighted by Crippen LogP contribution is -2.52. The number of carbonyl (C=O) groups is 1. The van der Waals surface area contributed by atoms with Gasteiger partial charge in [-0.25, -0.2) is 4.79 Å². The molecule has 1 unspecified atom stereocenters. The molecular formula is C16H23NO4.